The van der Waals surface area contributed by atoms with E-state index in [2.05, 4.69) is 37.4 Å². The van der Waals surface area contributed by atoms with Gasteiger partial charge in [-0.15, -0.1) is 0 Å². The van der Waals surface area contributed by atoms with Gasteiger partial charge in [-0.2, -0.15) is 0 Å². The number of nitrogens with one attached hydrogen (secondary N) is 1. The van der Waals surface area contributed by atoms with Crippen LogP contribution in [0.4, 0.5) is 0 Å². The van der Waals surface area contributed by atoms with E-state index in [1.54, 1.807) is 0 Å². The molecule has 0 aromatic heterocycles. The van der Waals surface area contributed by atoms with Crippen molar-refractivity contribution < 1.29 is 9.47 Å². The first kappa shape index (κ1) is 19.5. The van der Waals surface area contributed by atoms with E-state index >= 15 is 0 Å². The summed E-state index contributed by atoms with van der Waals surface area (Å²) in [5, 5.41) is 3.50. The number of benzene rings is 1. The van der Waals surface area contributed by atoms with Crippen molar-refractivity contribution in [3.63, 3.8) is 0 Å². The molecular formula is C23H37NO2. The molecule has 0 atom stereocenters. The summed E-state index contributed by atoms with van der Waals surface area (Å²) in [5.74, 6) is 1.94. The van der Waals surface area contributed by atoms with Crippen molar-refractivity contribution in [2.24, 2.45) is 0 Å². The largest absolute Gasteiger partial charge is 0.487 e. The summed E-state index contributed by atoms with van der Waals surface area (Å²) < 4.78 is 12.8. The fourth-order valence-corrected chi connectivity index (χ4v) is 4.13. The van der Waals surface area contributed by atoms with Crippen LogP contribution in [0.5, 0.6) is 11.5 Å². The van der Waals surface area contributed by atoms with Crippen LogP contribution < -0.4 is 14.8 Å². The molecule has 26 heavy (non-hydrogen) atoms. The maximum absolute atomic E-state index is 6.45. The Morgan fingerprint density at radius 1 is 0.846 bits per heavy atom. The van der Waals surface area contributed by atoms with Gasteiger partial charge in [-0.05, 0) is 82.0 Å². The Hall–Kier alpha value is -1.22. The number of hydrogen-bond donors (Lipinski definition) is 1. The van der Waals surface area contributed by atoms with Crippen LogP contribution in [0.15, 0.2) is 18.2 Å². The van der Waals surface area contributed by atoms with Crippen molar-refractivity contribution in [3.8, 4) is 11.5 Å². The van der Waals surface area contributed by atoms with Crippen LogP contribution in [0.3, 0.4) is 0 Å². The predicted octanol–water partition coefficient (Wildman–Crippen LogP) is 5.65. The molecule has 3 heteroatoms. The Morgan fingerprint density at radius 2 is 1.42 bits per heavy atom. The standard InChI is InChI=1S/C23H37NO2/c1-18(2)24-16-15-19-13-14-22(25-20-9-5-3-6-10-20)23(17-19)26-21-11-7-4-8-12-21/h13-14,17-18,20-21,24H,3-12,15-16H2,1-2H3. The molecule has 0 radical (unpaired) electrons. The lowest BCUT2D eigenvalue weighted by Gasteiger charge is -2.27. The van der Waals surface area contributed by atoms with Crippen molar-refractivity contribution >= 4 is 0 Å². The van der Waals surface area contributed by atoms with Gasteiger partial charge in [0.1, 0.15) is 0 Å². The SMILES string of the molecule is CC(C)NCCc1ccc(OC2CCCCC2)c(OC2CCCCC2)c1. The van der Waals surface area contributed by atoms with Crippen molar-refractivity contribution in [1.29, 1.82) is 0 Å². The van der Waals surface area contributed by atoms with Gasteiger partial charge in [-0.3, -0.25) is 0 Å². The first-order chi connectivity index (χ1) is 12.7. The van der Waals surface area contributed by atoms with Crippen LogP contribution >= 0.6 is 0 Å². The zero-order chi connectivity index (χ0) is 18.2. The lowest BCUT2D eigenvalue weighted by Crippen LogP contribution is -2.25. The second-order valence-electron chi connectivity index (χ2n) is 8.40. The third-order valence-electron chi connectivity index (χ3n) is 5.67. The van der Waals surface area contributed by atoms with Gasteiger partial charge >= 0.3 is 0 Å². The van der Waals surface area contributed by atoms with E-state index in [1.807, 2.05) is 0 Å². The maximum Gasteiger partial charge on any atom is 0.161 e. The monoisotopic (exact) mass is 359 g/mol. The average Bonchev–Trinajstić information content (AvgIpc) is 2.65. The van der Waals surface area contributed by atoms with Crippen LogP contribution in [0, 0.1) is 0 Å². The lowest BCUT2D eigenvalue weighted by atomic mass is 9.97. The third kappa shape index (κ3) is 6.19. The molecule has 0 heterocycles. The molecule has 0 amide bonds. The minimum absolute atomic E-state index is 0.362. The van der Waals surface area contributed by atoms with Gasteiger partial charge in [0, 0.05) is 6.04 Å². The van der Waals surface area contributed by atoms with Gasteiger partial charge in [0.2, 0.25) is 0 Å². The summed E-state index contributed by atoms with van der Waals surface area (Å²) in [7, 11) is 0. The highest BCUT2D eigenvalue weighted by atomic mass is 16.5. The van der Waals surface area contributed by atoms with E-state index in [4.69, 9.17) is 9.47 Å². The summed E-state index contributed by atoms with van der Waals surface area (Å²) in [4.78, 5) is 0. The molecule has 0 unspecified atom stereocenters. The van der Waals surface area contributed by atoms with Gasteiger partial charge in [0.15, 0.2) is 11.5 Å². The minimum Gasteiger partial charge on any atom is -0.487 e. The van der Waals surface area contributed by atoms with Crippen LogP contribution in [0.25, 0.3) is 0 Å². The fraction of sp³-hybridized carbons (Fsp3) is 0.739. The quantitative estimate of drug-likeness (QED) is 0.650. The zero-order valence-electron chi connectivity index (χ0n) is 16.8. The molecule has 3 nitrogen and oxygen atoms in total. The van der Waals surface area contributed by atoms with Crippen LogP contribution in [0.2, 0.25) is 0 Å². The third-order valence-corrected chi connectivity index (χ3v) is 5.67. The molecule has 1 aromatic rings. The molecule has 2 aliphatic carbocycles. The van der Waals surface area contributed by atoms with Gasteiger partial charge in [-0.25, -0.2) is 0 Å². The lowest BCUT2D eigenvalue weighted by molar-refractivity contribution is 0.123. The van der Waals surface area contributed by atoms with Crippen molar-refractivity contribution in [1.82, 2.24) is 5.32 Å². The highest BCUT2D eigenvalue weighted by Crippen LogP contribution is 2.35. The van der Waals surface area contributed by atoms with Crippen molar-refractivity contribution in [3.05, 3.63) is 23.8 Å². The Labute approximate surface area is 159 Å². The highest BCUT2D eigenvalue weighted by molar-refractivity contribution is 5.43. The normalized spacial score (nSPS) is 19.7. The molecule has 0 spiro atoms. The van der Waals surface area contributed by atoms with Crippen LogP contribution in [0.1, 0.15) is 83.6 Å². The Kier molecular flexibility index (Phi) is 7.67. The smallest absolute Gasteiger partial charge is 0.161 e. The second-order valence-corrected chi connectivity index (χ2v) is 8.40. The molecule has 146 valence electrons. The minimum atomic E-state index is 0.362. The van der Waals surface area contributed by atoms with E-state index in [9.17, 15) is 0 Å². The molecule has 1 N–H and O–H groups in total. The molecule has 3 rings (SSSR count). The second kappa shape index (κ2) is 10.2. The molecular weight excluding hydrogens is 322 g/mol. The zero-order valence-corrected chi connectivity index (χ0v) is 16.8. The van der Waals surface area contributed by atoms with Gasteiger partial charge in [0.05, 0.1) is 12.2 Å². The summed E-state index contributed by atoms with van der Waals surface area (Å²) >= 11 is 0. The van der Waals surface area contributed by atoms with Crippen LogP contribution in [-0.2, 0) is 6.42 Å². The van der Waals surface area contributed by atoms with E-state index < -0.39 is 0 Å². The molecule has 2 fully saturated rings. The average molecular weight is 360 g/mol. The highest BCUT2D eigenvalue weighted by Gasteiger charge is 2.20. The molecule has 0 bridgehead atoms. The number of hydrogen-bond acceptors (Lipinski definition) is 3. The van der Waals surface area contributed by atoms with Gasteiger partial charge in [0.25, 0.3) is 0 Å². The van der Waals surface area contributed by atoms with E-state index in [1.165, 1.54) is 69.8 Å². The molecule has 0 saturated heterocycles. The van der Waals surface area contributed by atoms with E-state index in [0.717, 1.165) is 24.5 Å². The Bertz CT molecular complexity index is 531. The van der Waals surface area contributed by atoms with Crippen molar-refractivity contribution in [2.45, 2.75) is 103 Å². The number of rotatable bonds is 8. The Morgan fingerprint density at radius 3 is 2.00 bits per heavy atom. The maximum atomic E-state index is 6.45. The first-order valence-corrected chi connectivity index (χ1v) is 10.9. The van der Waals surface area contributed by atoms with E-state index in [-0.39, 0.29) is 0 Å². The molecule has 1 aromatic carbocycles. The topological polar surface area (TPSA) is 30.5 Å². The first-order valence-electron chi connectivity index (χ1n) is 10.9. The van der Waals surface area contributed by atoms with Gasteiger partial charge in [-0.1, -0.05) is 32.8 Å². The summed E-state index contributed by atoms with van der Waals surface area (Å²) in [6.07, 6.45) is 14.4. The summed E-state index contributed by atoms with van der Waals surface area (Å²) in [6.45, 7) is 5.39. The van der Waals surface area contributed by atoms with E-state index in [0.29, 0.717) is 18.2 Å². The molecule has 0 aliphatic heterocycles. The number of ether oxygens (including phenoxy) is 2. The molecule has 2 saturated carbocycles. The predicted molar refractivity (Wildman–Crippen MR) is 108 cm³/mol. The van der Waals surface area contributed by atoms with Gasteiger partial charge < -0.3 is 14.8 Å². The van der Waals surface area contributed by atoms with Crippen LogP contribution in [-0.4, -0.2) is 24.8 Å². The Balaban J connectivity index is 1.68. The van der Waals surface area contributed by atoms with Crippen molar-refractivity contribution in [2.75, 3.05) is 6.54 Å². The summed E-state index contributed by atoms with van der Waals surface area (Å²) in [5.41, 5.74) is 1.33. The molecule has 2 aliphatic rings. The fourth-order valence-electron chi connectivity index (χ4n) is 4.13. The summed E-state index contributed by atoms with van der Waals surface area (Å²) in [6, 6.07) is 7.13.